The highest BCUT2D eigenvalue weighted by Crippen LogP contribution is 2.06. The minimum absolute atomic E-state index is 0. The number of amides is 2. The summed E-state index contributed by atoms with van der Waals surface area (Å²) in [6, 6.07) is 13.3. The maximum Gasteiger partial charge on any atom is 0.252 e. The number of terminal acetylenes is 1. The predicted molar refractivity (Wildman–Crippen MR) is 238 cm³/mol. The van der Waals surface area contributed by atoms with Gasteiger partial charge in [0.1, 0.15) is 0 Å². The van der Waals surface area contributed by atoms with Crippen molar-refractivity contribution in [2.75, 3.05) is 53.8 Å². The third kappa shape index (κ3) is 36.8. The Bertz CT molecular complexity index is 1100. The number of ketones is 2. The van der Waals surface area contributed by atoms with Crippen molar-refractivity contribution < 1.29 is 33.4 Å². The lowest BCUT2D eigenvalue weighted by atomic mass is 10.1. The third-order valence-electron chi connectivity index (χ3n) is 6.31. The predicted octanol–water partition coefficient (Wildman–Crippen LogP) is 8.72. The van der Waals surface area contributed by atoms with Crippen molar-refractivity contribution in [3.8, 4) is 12.8 Å². The number of likely N-dealkylation sites (N-methyl/N-ethyl adjacent to an activating group) is 2. The van der Waals surface area contributed by atoms with Crippen molar-refractivity contribution in [2.45, 2.75) is 124 Å². The van der Waals surface area contributed by atoms with E-state index < -0.39 is 0 Å². The highest BCUT2D eigenvalue weighted by Gasteiger charge is 2.09. The van der Waals surface area contributed by atoms with Gasteiger partial charge in [0.25, 0.3) is 11.8 Å². The molecule has 322 valence electrons. The van der Waals surface area contributed by atoms with Gasteiger partial charge in [-0.25, -0.2) is 0 Å². The normalized spacial score (nSPS) is 10.3. The van der Waals surface area contributed by atoms with Crippen LogP contribution in [0.2, 0.25) is 0 Å². The second kappa shape index (κ2) is 48.1. The fourth-order valence-corrected chi connectivity index (χ4v) is 3.27. The van der Waals surface area contributed by atoms with Crippen LogP contribution < -0.4 is 21.3 Å². The zero-order valence-corrected chi connectivity index (χ0v) is 33.6. The first kappa shape index (κ1) is 69.0. The van der Waals surface area contributed by atoms with Crippen molar-refractivity contribution >= 4 is 23.4 Å². The minimum atomic E-state index is -0.359. The van der Waals surface area contributed by atoms with E-state index in [0.717, 1.165) is 0 Å². The number of carbonyl (C=O) groups is 4. The monoisotopic (exact) mass is 781 g/mol. The van der Waals surface area contributed by atoms with Crippen molar-refractivity contribution in [2.24, 2.45) is 0 Å². The molecule has 11 heteroatoms. The maximum absolute atomic E-state index is 12.0. The van der Waals surface area contributed by atoms with Gasteiger partial charge in [0.15, 0.2) is 11.6 Å². The van der Waals surface area contributed by atoms with Crippen LogP contribution in [0, 0.1) is 12.8 Å². The molecule has 3 atom stereocenters. The molecule has 4 N–H and O–H groups in total. The lowest BCUT2D eigenvalue weighted by molar-refractivity contribution is -0.0285. The summed E-state index contributed by atoms with van der Waals surface area (Å²) in [4.78, 5) is 46.4. The molecule has 0 saturated heterocycles. The average Bonchev–Trinajstić information content (AvgIpc) is 3.18. The zero-order chi connectivity index (χ0) is 40.2. The molecule has 0 bridgehead atoms. The topological polar surface area (TPSA) is 144 Å². The number of carbonyl (C=O) groups excluding carboxylic acids is 4. The Hall–Kier alpha value is -3.92. The van der Waals surface area contributed by atoms with Crippen LogP contribution in [-0.2, 0) is 14.2 Å². The summed E-state index contributed by atoms with van der Waals surface area (Å²) >= 11 is 0. The number of benzene rings is 2. The van der Waals surface area contributed by atoms with Gasteiger partial charge in [-0.1, -0.05) is 95.5 Å². The molecule has 0 aliphatic heterocycles. The van der Waals surface area contributed by atoms with Crippen molar-refractivity contribution in [3.05, 3.63) is 70.8 Å². The molecule has 0 aromatic heterocycles. The molecule has 0 aliphatic rings. The fourth-order valence-electron chi connectivity index (χ4n) is 3.27. The molecule has 2 rings (SSSR count). The molecular formula is C44H84N4O7. The summed E-state index contributed by atoms with van der Waals surface area (Å²) in [6.45, 7) is 24.3. The van der Waals surface area contributed by atoms with Crippen molar-refractivity contribution in [1.82, 2.24) is 21.3 Å². The van der Waals surface area contributed by atoms with Gasteiger partial charge < -0.3 is 35.5 Å². The van der Waals surface area contributed by atoms with E-state index in [1.807, 2.05) is 62.6 Å². The molecule has 2 amide bonds. The number of hydrogen-bond acceptors (Lipinski definition) is 9. The number of hydrogen-bond donors (Lipinski definition) is 4. The van der Waals surface area contributed by atoms with Gasteiger partial charge in [-0.2, -0.15) is 0 Å². The van der Waals surface area contributed by atoms with E-state index in [9.17, 15) is 19.2 Å². The van der Waals surface area contributed by atoms with Gasteiger partial charge in [0.2, 0.25) is 0 Å². The van der Waals surface area contributed by atoms with E-state index in [1.165, 1.54) is 13.8 Å². The summed E-state index contributed by atoms with van der Waals surface area (Å²) in [5, 5.41) is 11.4. The van der Waals surface area contributed by atoms with E-state index >= 15 is 0 Å². The number of nitrogens with one attached hydrogen (secondary N) is 4. The molecule has 2 aromatic carbocycles. The van der Waals surface area contributed by atoms with E-state index in [2.05, 4.69) is 48.0 Å². The van der Waals surface area contributed by atoms with Crippen LogP contribution in [0.25, 0.3) is 0 Å². The molecule has 2 aromatic rings. The van der Waals surface area contributed by atoms with Crippen LogP contribution in [0.3, 0.4) is 0 Å². The lowest BCUT2D eigenvalue weighted by Crippen LogP contribution is -2.37. The van der Waals surface area contributed by atoms with E-state index in [0.29, 0.717) is 67.4 Å². The summed E-state index contributed by atoms with van der Waals surface area (Å²) in [6.07, 6.45) is 8.12. The molecule has 0 saturated carbocycles. The summed E-state index contributed by atoms with van der Waals surface area (Å²) in [5.74, 6) is -0.866. The molecule has 0 heterocycles. The van der Waals surface area contributed by atoms with Gasteiger partial charge in [-0.15, -0.1) is 12.8 Å². The zero-order valence-electron chi connectivity index (χ0n) is 33.6. The first-order valence-corrected chi connectivity index (χ1v) is 17.7. The molecule has 3 unspecified atom stereocenters. The van der Waals surface area contributed by atoms with Gasteiger partial charge in [0.05, 0.1) is 45.8 Å². The van der Waals surface area contributed by atoms with Crippen molar-refractivity contribution in [3.63, 3.8) is 0 Å². The molecule has 0 spiro atoms. The second-order valence-corrected chi connectivity index (χ2v) is 10.1. The van der Waals surface area contributed by atoms with Gasteiger partial charge in [-0.05, 0) is 73.0 Å². The van der Waals surface area contributed by atoms with E-state index in [1.54, 1.807) is 48.5 Å². The number of ether oxygens (including phenoxy) is 3. The first-order chi connectivity index (χ1) is 24.5. The Morgan fingerprint density at radius 1 is 0.545 bits per heavy atom. The Morgan fingerprint density at radius 3 is 1.15 bits per heavy atom. The summed E-state index contributed by atoms with van der Waals surface area (Å²) in [7, 11) is 3.86. The molecular weight excluding hydrogens is 697 g/mol. The minimum Gasteiger partial charge on any atom is -0.377 e. The van der Waals surface area contributed by atoms with Gasteiger partial charge in [0, 0.05) is 34.3 Å². The van der Waals surface area contributed by atoms with Crippen LogP contribution in [0.1, 0.15) is 147 Å². The summed E-state index contributed by atoms with van der Waals surface area (Å²) in [5.41, 5.74) is 1.84. The van der Waals surface area contributed by atoms with E-state index in [4.69, 9.17) is 14.2 Å². The lowest BCUT2D eigenvalue weighted by Gasteiger charge is -2.17. The summed E-state index contributed by atoms with van der Waals surface area (Å²) < 4.78 is 16.5. The van der Waals surface area contributed by atoms with Crippen LogP contribution in [0.15, 0.2) is 48.5 Å². The molecule has 11 nitrogen and oxygen atoms in total. The maximum atomic E-state index is 12.0. The Kier molecular flexibility index (Phi) is 60.4. The highest BCUT2D eigenvalue weighted by molar-refractivity contribution is 5.99. The highest BCUT2D eigenvalue weighted by atomic mass is 16.5. The van der Waals surface area contributed by atoms with Crippen LogP contribution >= 0.6 is 0 Å². The van der Waals surface area contributed by atoms with E-state index in [-0.39, 0.29) is 65.9 Å². The Labute approximate surface area is 338 Å². The number of Topliss-reactive ketones (excluding diaryl/α,β-unsaturated/α-hetero) is 2. The van der Waals surface area contributed by atoms with Gasteiger partial charge >= 0.3 is 0 Å². The quantitative estimate of drug-likeness (QED) is 0.0505. The smallest absolute Gasteiger partial charge is 0.252 e. The fraction of sp³-hybridized carbons (Fsp3) is 0.591. The largest absolute Gasteiger partial charge is 0.377 e. The van der Waals surface area contributed by atoms with Crippen LogP contribution in [0.4, 0.5) is 0 Å². The molecule has 0 fully saturated rings. The van der Waals surface area contributed by atoms with Crippen LogP contribution in [-0.4, -0.2) is 95.4 Å². The average molecular weight is 781 g/mol. The molecule has 0 radical (unpaired) electrons. The van der Waals surface area contributed by atoms with Crippen molar-refractivity contribution in [1.29, 1.82) is 0 Å². The Morgan fingerprint density at radius 2 is 0.836 bits per heavy atom. The Balaban J connectivity index is -0.000000110. The SMILES string of the molecule is C.C.C.C.C#C.CC.CC.CC.CC(=O)c1ccc(C(=O)NCNC(=O)c2ccc(C(C)=O)cc2)cc1.CNC(C)COCCOCC(C)OCC(C)NC. The number of rotatable bonds is 18. The molecule has 55 heavy (non-hydrogen) atoms. The standard InChI is InChI=1S/C19H18N2O4.C13H30N2O3.3C2H6.C2H2.4CH4/c1-12(22)14-3-7-16(8-4-14)18(24)20-11-21-19(25)17-9-5-15(6-10-17)13(2)23;1-11(14-4)8-16-6-7-17-10-13(3)18-9-12(2)15-5;4*1-2;;;;/h3-10H,11H2,1-2H3,(H,20,24)(H,21,25);11-15H,6-10H2,1-5H3;3*1-2H3;1-2H;4*1H4. The second-order valence-electron chi connectivity index (χ2n) is 10.1. The first-order valence-electron chi connectivity index (χ1n) is 17.7. The third-order valence-corrected chi connectivity index (χ3v) is 6.31. The van der Waals surface area contributed by atoms with Gasteiger partial charge in [-0.3, -0.25) is 19.2 Å². The van der Waals surface area contributed by atoms with Crippen LogP contribution in [0.5, 0.6) is 0 Å². The molecule has 0 aliphatic carbocycles.